The van der Waals surface area contributed by atoms with Crippen molar-refractivity contribution in [1.29, 1.82) is 0 Å². The van der Waals surface area contributed by atoms with Gasteiger partial charge in [-0.1, -0.05) is 6.92 Å². The molecule has 0 saturated heterocycles. The molecule has 2 rings (SSSR count). The molecule has 0 aromatic carbocycles. The summed E-state index contributed by atoms with van der Waals surface area (Å²) in [5.74, 6) is 0.147. The fourth-order valence-corrected chi connectivity index (χ4v) is 1.79. The lowest BCUT2D eigenvalue weighted by Crippen LogP contribution is -2.53. The molecular weight excluding hydrogens is 180 g/mol. The molecule has 14 heavy (non-hydrogen) atoms. The molecule has 1 aliphatic carbocycles. The van der Waals surface area contributed by atoms with Crippen molar-refractivity contribution in [3.05, 3.63) is 12.2 Å². The molecule has 0 atom stereocenters. The van der Waals surface area contributed by atoms with Crippen LogP contribution < -0.4 is 5.32 Å². The molecule has 1 heterocycles. The van der Waals surface area contributed by atoms with Crippen molar-refractivity contribution in [2.24, 2.45) is 0 Å². The van der Waals surface area contributed by atoms with Crippen LogP contribution in [0.2, 0.25) is 0 Å². The van der Waals surface area contributed by atoms with E-state index in [1.165, 1.54) is 12.7 Å². The molecule has 76 valence electrons. The van der Waals surface area contributed by atoms with Crippen LogP contribution in [0.25, 0.3) is 0 Å². The number of hydrogen-bond donors (Lipinski definition) is 2. The minimum absolute atomic E-state index is 0.0177. The average Bonchev–Trinajstić information content (AvgIpc) is 2.63. The highest BCUT2D eigenvalue weighted by Crippen LogP contribution is 2.34. The summed E-state index contributed by atoms with van der Waals surface area (Å²) in [6.45, 7) is 2.10. The summed E-state index contributed by atoms with van der Waals surface area (Å²) in [4.78, 5) is 15.4. The van der Waals surface area contributed by atoms with E-state index in [1.807, 2.05) is 0 Å². The number of aromatic amines is 1. The summed E-state index contributed by atoms with van der Waals surface area (Å²) < 4.78 is 0. The molecule has 0 radical (unpaired) electrons. The maximum atomic E-state index is 11.6. The van der Waals surface area contributed by atoms with E-state index in [4.69, 9.17) is 0 Å². The van der Waals surface area contributed by atoms with E-state index in [2.05, 4.69) is 27.4 Å². The zero-order chi connectivity index (χ0) is 10.0. The predicted octanol–water partition coefficient (Wildman–Crippen LogP) is 0.867. The highest BCUT2D eigenvalue weighted by atomic mass is 16.2. The van der Waals surface area contributed by atoms with Crippen molar-refractivity contribution >= 4 is 5.91 Å². The van der Waals surface area contributed by atoms with Gasteiger partial charge in [0.15, 0.2) is 0 Å². The molecule has 1 aromatic rings. The predicted molar refractivity (Wildman–Crippen MR) is 50.7 cm³/mol. The van der Waals surface area contributed by atoms with Crippen molar-refractivity contribution in [2.75, 3.05) is 0 Å². The molecule has 5 heteroatoms. The maximum Gasteiger partial charge on any atom is 0.289 e. The molecule has 0 bridgehead atoms. The van der Waals surface area contributed by atoms with Crippen molar-refractivity contribution in [1.82, 2.24) is 20.5 Å². The van der Waals surface area contributed by atoms with Gasteiger partial charge in [0.05, 0.1) is 0 Å². The SMILES string of the molecule is CCC1(NC(=O)c2ncn[nH]2)CCC1. The van der Waals surface area contributed by atoms with Gasteiger partial charge in [-0.25, -0.2) is 4.98 Å². The third-order valence-corrected chi connectivity index (χ3v) is 3.00. The summed E-state index contributed by atoms with van der Waals surface area (Å²) >= 11 is 0. The van der Waals surface area contributed by atoms with E-state index >= 15 is 0 Å². The van der Waals surface area contributed by atoms with Crippen molar-refractivity contribution in [3.8, 4) is 0 Å². The first-order valence-electron chi connectivity index (χ1n) is 4.94. The molecule has 1 amide bonds. The Morgan fingerprint density at radius 1 is 1.71 bits per heavy atom. The first-order chi connectivity index (χ1) is 6.76. The van der Waals surface area contributed by atoms with Crippen LogP contribution in [0, 0.1) is 0 Å². The van der Waals surface area contributed by atoms with Gasteiger partial charge in [0.1, 0.15) is 6.33 Å². The summed E-state index contributed by atoms with van der Waals surface area (Å²) in [7, 11) is 0. The molecule has 1 aliphatic rings. The Bertz CT molecular complexity index is 310. The van der Waals surface area contributed by atoms with Crippen molar-refractivity contribution < 1.29 is 4.79 Å². The summed E-state index contributed by atoms with van der Waals surface area (Å²) in [6.07, 6.45) is 5.67. The number of rotatable bonds is 3. The molecule has 0 unspecified atom stereocenters. The van der Waals surface area contributed by atoms with Gasteiger partial charge in [-0.2, -0.15) is 5.10 Å². The Morgan fingerprint density at radius 2 is 2.50 bits per heavy atom. The Kier molecular flexibility index (Phi) is 2.23. The maximum absolute atomic E-state index is 11.6. The number of carbonyl (C=O) groups is 1. The first kappa shape index (κ1) is 9.18. The quantitative estimate of drug-likeness (QED) is 0.750. The van der Waals surface area contributed by atoms with Crippen LogP contribution in [0.4, 0.5) is 0 Å². The number of hydrogen-bond acceptors (Lipinski definition) is 3. The average molecular weight is 194 g/mol. The number of amides is 1. The number of H-pyrrole nitrogens is 1. The van der Waals surface area contributed by atoms with Crippen LogP contribution in [0.15, 0.2) is 6.33 Å². The minimum Gasteiger partial charge on any atom is -0.344 e. The highest BCUT2D eigenvalue weighted by molar-refractivity contribution is 5.90. The fourth-order valence-electron chi connectivity index (χ4n) is 1.79. The van der Waals surface area contributed by atoms with E-state index < -0.39 is 0 Å². The summed E-state index contributed by atoms with van der Waals surface area (Å²) in [5.41, 5.74) is 0.0177. The van der Waals surface area contributed by atoms with E-state index in [0.717, 1.165) is 19.3 Å². The largest absolute Gasteiger partial charge is 0.344 e. The summed E-state index contributed by atoms with van der Waals surface area (Å²) in [6, 6.07) is 0. The topological polar surface area (TPSA) is 70.7 Å². The van der Waals surface area contributed by atoms with E-state index in [9.17, 15) is 4.79 Å². The van der Waals surface area contributed by atoms with Gasteiger partial charge >= 0.3 is 0 Å². The highest BCUT2D eigenvalue weighted by Gasteiger charge is 2.36. The second kappa shape index (κ2) is 3.40. The Balaban J connectivity index is 2.01. The smallest absolute Gasteiger partial charge is 0.289 e. The van der Waals surface area contributed by atoms with Crippen molar-refractivity contribution in [2.45, 2.75) is 38.1 Å². The molecule has 5 nitrogen and oxygen atoms in total. The number of nitrogens with zero attached hydrogens (tertiary/aromatic N) is 2. The molecule has 0 spiro atoms. The molecule has 1 saturated carbocycles. The Hall–Kier alpha value is -1.39. The van der Waals surface area contributed by atoms with E-state index in [-0.39, 0.29) is 11.4 Å². The Labute approximate surface area is 82.3 Å². The van der Waals surface area contributed by atoms with Gasteiger partial charge in [-0.15, -0.1) is 0 Å². The third kappa shape index (κ3) is 1.49. The number of aromatic nitrogens is 3. The van der Waals surface area contributed by atoms with Crippen LogP contribution in [-0.2, 0) is 0 Å². The van der Waals surface area contributed by atoms with Gasteiger partial charge in [0, 0.05) is 5.54 Å². The lowest BCUT2D eigenvalue weighted by Gasteiger charge is -2.41. The zero-order valence-corrected chi connectivity index (χ0v) is 8.21. The molecule has 1 aromatic heterocycles. The Morgan fingerprint density at radius 3 is 2.93 bits per heavy atom. The number of nitrogens with one attached hydrogen (secondary N) is 2. The van der Waals surface area contributed by atoms with E-state index in [0.29, 0.717) is 5.82 Å². The summed E-state index contributed by atoms with van der Waals surface area (Å²) in [5, 5.41) is 9.21. The lowest BCUT2D eigenvalue weighted by atomic mass is 9.75. The van der Waals surface area contributed by atoms with E-state index in [1.54, 1.807) is 0 Å². The monoisotopic (exact) mass is 194 g/mol. The number of carbonyl (C=O) groups excluding carboxylic acids is 1. The second-order valence-corrected chi connectivity index (χ2v) is 3.78. The van der Waals surface area contributed by atoms with Crippen LogP contribution in [0.1, 0.15) is 43.2 Å². The molecule has 2 N–H and O–H groups in total. The molecular formula is C9H14N4O. The van der Waals surface area contributed by atoms with Crippen LogP contribution >= 0.6 is 0 Å². The van der Waals surface area contributed by atoms with Gasteiger partial charge in [-0.3, -0.25) is 9.89 Å². The van der Waals surface area contributed by atoms with Crippen molar-refractivity contribution in [3.63, 3.8) is 0 Å². The molecule has 0 aliphatic heterocycles. The normalized spacial score (nSPS) is 18.6. The standard InChI is InChI=1S/C9H14N4O/c1-2-9(4-3-5-9)12-8(14)7-10-6-11-13-7/h6H,2-5H2,1H3,(H,12,14)(H,10,11,13). The van der Waals surface area contributed by atoms with Gasteiger partial charge < -0.3 is 5.32 Å². The van der Waals surface area contributed by atoms with Crippen LogP contribution in [-0.4, -0.2) is 26.6 Å². The third-order valence-electron chi connectivity index (χ3n) is 3.00. The van der Waals surface area contributed by atoms with Gasteiger partial charge in [0.2, 0.25) is 5.82 Å². The fraction of sp³-hybridized carbons (Fsp3) is 0.667. The van der Waals surface area contributed by atoms with Crippen LogP contribution in [0.5, 0.6) is 0 Å². The van der Waals surface area contributed by atoms with Gasteiger partial charge in [-0.05, 0) is 25.7 Å². The first-order valence-corrected chi connectivity index (χ1v) is 4.94. The molecule has 1 fully saturated rings. The lowest BCUT2D eigenvalue weighted by molar-refractivity contribution is 0.0810. The zero-order valence-electron chi connectivity index (χ0n) is 8.21. The van der Waals surface area contributed by atoms with Crippen LogP contribution in [0.3, 0.4) is 0 Å². The minimum atomic E-state index is -0.149. The van der Waals surface area contributed by atoms with Gasteiger partial charge in [0.25, 0.3) is 5.91 Å². The second-order valence-electron chi connectivity index (χ2n) is 3.78.